The van der Waals surface area contributed by atoms with E-state index in [4.69, 9.17) is 15.6 Å². The molecule has 1 rings (SSSR count). The third-order valence-corrected chi connectivity index (χ3v) is 2.21. The number of hydrogen-bond acceptors (Lipinski definition) is 4. The maximum Gasteiger partial charge on any atom is 0.331 e. The molecule has 0 spiro atoms. The van der Waals surface area contributed by atoms with Crippen LogP contribution in [0, 0.1) is 0 Å². The van der Waals surface area contributed by atoms with Gasteiger partial charge in [0.1, 0.15) is 0 Å². The Labute approximate surface area is 81.4 Å². The van der Waals surface area contributed by atoms with Gasteiger partial charge in [-0.05, 0) is 6.92 Å². The number of amides is 1. The Balaban J connectivity index is 2.70. The molecule has 1 heterocycles. The minimum absolute atomic E-state index is 0.000787. The minimum atomic E-state index is -1.29. The SMILES string of the molecule is C[C@@H](N)C(=O)NC1(C(=O)O)CCOC1. The van der Waals surface area contributed by atoms with Crippen molar-refractivity contribution in [2.24, 2.45) is 5.73 Å². The van der Waals surface area contributed by atoms with Crippen LogP contribution in [-0.2, 0) is 14.3 Å². The summed E-state index contributed by atoms with van der Waals surface area (Å²) in [6.45, 7) is 1.84. The zero-order valence-corrected chi connectivity index (χ0v) is 7.95. The molecule has 0 saturated carbocycles. The van der Waals surface area contributed by atoms with Gasteiger partial charge in [0, 0.05) is 13.0 Å². The molecule has 1 saturated heterocycles. The van der Waals surface area contributed by atoms with Crippen LogP contribution in [0.3, 0.4) is 0 Å². The van der Waals surface area contributed by atoms with E-state index in [1.807, 2.05) is 0 Å². The Morgan fingerprint density at radius 2 is 2.29 bits per heavy atom. The molecule has 1 amide bonds. The lowest BCUT2D eigenvalue weighted by Gasteiger charge is -2.24. The van der Waals surface area contributed by atoms with Crippen LogP contribution >= 0.6 is 0 Å². The summed E-state index contributed by atoms with van der Waals surface area (Å²) in [5.74, 6) is -1.55. The van der Waals surface area contributed by atoms with E-state index in [2.05, 4.69) is 5.32 Å². The molecule has 6 heteroatoms. The van der Waals surface area contributed by atoms with E-state index in [1.165, 1.54) is 6.92 Å². The molecule has 0 radical (unpaired) electrons. The van der Waals surface area contributed by atoms with Crippen molar-refractivity contribution < 1.29 is 19.4 Å². The van der Waals surface area contributed by atoms with Gasteiger partial charge in [-0.15, -0.1) is 0 Å². The predicted molar refractivity (Wildman–Crippen MR) is 47.6 cm³/mol. The van der Waals surface area contributed by atoms with Crippen LogP contribution in [0.25, 0.3) is 0 Å². The monoisotopic (exact) mass is 202 g/mol. The second-order valence-electron chi connectivity index (χ2n) is 3.47. The molecule has 0 aromatic rings. The zero-order chi connectivity index (χ0) is 10.8. The number of carbonyl (C=O) groups is 2. The molecule has 1 aliphatic rings. The maximum atomic E-state index is 11.3. The zero-order valence-electron chi connectivity index (χ0n) is 7.95. The average Bonchev–Trinajstić information content (AvgIpc) is 2.53. The molecule has 1 aliphatic heterocycles. The van der Waals surface area contributed by atoms with Gasteiger partial charge in [0.05, 0.1) is 12.6 Å². The third kappa shape index (κ3) is 2.02. The smallest absolute Gasteiger partial charge is 0.331 e. The number of nitrogens with two attached hydrogens (primary N) is 1. The van der Waals surface area contributed by atoms with Crippen molar-refractivity contribution >= 4 is 11.9 Å². The quantitative estimate of drug-likeness (QED) is 0.527. The molecule has 1 unspecified atom stereocenters. The van der Waals surface area contributed by atoms with Crippen molar-refractivity contribution in [2.45, 2.75) is 24.9 Å². The average molecular weight is 202 g/mol. The summed E-state index contributed by atoms with van der Waals surface area (Å²) in [6.07, 6.45) is 0.279. The molecule has 2 atom stereocenters. The first-order valence-electron chi connectivity index (χ1n) is 4.37. The highest BCUT2D eigenvalue weighted by Gasteiger charge is 2.44. The Morgan fingerprint density at radius 3 is 2.64 bits per heavy atom. The van der Waals surface area contributed by atoms with Gasteiger partial charge in [-0.2, -0.15) is 0 Å². The Morgan fingerprint density at radius 1 is 1.64 bits per heavy atom. The summed E-state index contributed by atoms with van der Waals surface area (Å²) < 4.78 is 4.97. The number of nitrogens with one attached hydrogen (secondary N) is 1. The van der Waals surface area contributed by atoms with Crippen molar-refractivity contribution in [1.29, 1.82) is 0 Å². The normalized spacial score (nSPS) is 28.4. The third-order valence-electron chi connectivity index (χ3n) is 2.21. The predicted octanol–water partition coefficient (Wildman–Crippen LogP) is -1.31. The number of carbonyl (C=O) groups excluding carboxylic acids is 1. The summed E-state index contributed by atoms with van der Waals surface area (Å²) in [7, 11) is 0. The van der Waals surface area contributed by atoms with E-state index in [0.29, 0.717) is 6.61 Å². The van der Waals surface area contributed by atoms with Gasteiger partial charge in [0.15, 0.2) is 5.54 Å². The highest BCUT2D eigenvalue weighted by molar-refractivity contribution is 5.89. The van der Waals surface area contributed by atoms with Gasteiger partial charge in [-0.3, -0.25) is 4.79 Å². The fraction of sp³-hybridized carbons (Fsp3) is 0.750. The molecule has 0 bridgehead atoms. The van der Waals surface area contributed by atoms with Gasteiger partial charge in [0.25, 0.3) is 0 Å². The highest BCUT2D eigenvalue weighted by Crippen LogP contribution is 2.18. The van der Waals surface area contributed by atoms with E-state index >= 15 is 0 Å². The van der Waals surface area contributed by atoms with Crippen LogP contribution in [0.5, 0.6) is 0 Å². The number of aliphatic carboxylic acids is 1. The lowest BCUT2D eigenvalue weighted by Crippen LogP contribution is -2.58. The molecule has 0 aliphatic carbocycles. The first kappa shape index (κ1) is 10.9. The Kier molecular flexibility index (Phi) is 3.07. The lowest BCUT2D eigenvalue weighted by molar-refractivity contribution is -0.147. The topological polar surface area (TPSA) is 102 Å². The number of rotatable bonds is 3. The van der Waals surface area contributed by atoms with Gasteiger partial charge in [0.2, 0.25) is 5.91 Å². The van der Waals surface area contributed by atoms with Crippen LogP contribution in [0.1, 0.15) is 13.3 Å². The fourth-order valence-electron chi connectivity index (χ4n) is 1.24. The van der Waals surface area contributed by atoms with Gasteiger partial charge in [-0.25, -0.2) is 4.79 Å². The van der Waals surface area contributed by atoms with Gasteiger partial charge >= 0.3 is 5.97 Å². The molecule has 6 nitrogen and oxygen atoms in total. The summed E-state index contributed by atoms with van der Waals surface area (Å²) in [6, 6.07) is -0.716. The molecule has 4 N–H and O–H groups in total. The van der Waals surface area contributed by atoms with E-state index < -0.39 is 23.5 Å². The number of carboxylic acids is 1. The summed E-state index contributed by atoms with van der Waals surface area (Å²) in [5, 5.41) is 11.4. The molecular formula is C8H14N2O4. The van der Waals surface area contributed by atoms with Crippen LogP contribution < -0.4 is 11.1 Å². The molecule has 1 fully saturated rings. The van der Waals surface area contributed by atoms with Crippen molar-refractivity contribution in [3.63, 3.8) is 0 Å². The van der Waals surface area contributed by atoms with Crippen molar-refractivity contribution in [3.8, 4) is 0 Å². The van der Waals surface area contributed by atoms with Crippen LogP contribution in [-0.4, -0.2) is 41.8 Å². The van der Waals surface area contributed by atoms with E-state index in [1.54, 1.807) is 0 Å². The second kappa shape index (κ2) is 3.93. The first-order chi connectivity index (χ1) is 6.48. The molecular weight excluding hydrogens is 188 g/mol. The number of hydrogen-bond donors (Lipinski definition) is 3. The van der Waals surface area contributed by atoms with E-state index in [0.717, 1.165) is 0 Å². The Hall–Kier alpha value is -1.14. The van der Waals surface area contributed by atoms with Crippen molar-refractivity contribution in [3.05, 3.63) is 0 Å². The van der Waals surface area contributed by atoms with Gasteiger partial charge in [-0.1, -0.05) is 0 Å². The molecule has 0 aromatic carbocycles. The van der Waals surface area contributed by atoms with Crippen LogP contribution in [0.15, 0.2) is 0 Å². The van der Waals surface area contributed by atoms with Crippen molar-refractivity contribution in [1.82, 2.24) is 5.32 Å². The second-order valence-corrected chi connectivity index (χ2v) is 3.47. The molecule has 14 heavy (non-hydrogen) atoms. The number of carboxylic acid groups (broad SMARTS) is 1. The lowest BCUT2D eigenvalue weighted by atomic mass is 9.98. The largest absolute Gasteiger partial charge is 0.479 e. The summed E-state index contributed by atoms with van der Waals surface area (Å²) >= 11 is 0. The first-order valence-corrected chi connectivity index (χ1v) is 4.37. The maximum absolute atomic E-state index is 11.3. The van der Waals surface area contributed by atoms with Crippen LogP contribution in [0.2, 0.25) is 0 Å². The molecule has 0 aromatic heterocycles. The van der Waals surface area contributed by atoms with Gasteiger partial charge < -0.3 is 20.9 Å². The van der Waals surface area contributed by atoms with Crippen molar-refractivity contribution in [2.75, 3.05) is 13.2 Å². The minimum Gasteiger partial charge on any atom is -0.479 e. The standard InChI is InChI=1S/C8H14N2O4/c1-5(9)6(11)10-8(7(12)13)2-3-14-4-8/h5H,2-4,9H2,1H3,(H,10,11)(H,12,13)/t5-,8?/m1/s1. The fourth-order valence-corrected chi connectivity index (χ4v) is 1.24. The van der Waals surface area contributed by atoms with E-state index in [9.17, 15) is 9.59 Å². The summed E-state index contributed by atoms with van der Waals surface area (Å²) in [5.41, 5.74) is 4.04. The Bertz CT molecular complexity index is 246. The highest BCUT2D eigenvalue weighted by atomic mass is 16.5. The van der Waals surface area contributed by atoms with E-state index in [-0.39, 0.29) is 13.0 Å². The number of ether oxygens (including phenoxy) is 1. The summed E-state index contributed by atoms with van der Waals surface area (Å²) in [4.78, 5) is 22.2. The molecule has 80 valence electrons. The van der Waals surface area contributed by atoms with Crippen LogP contribution in [0.4, 0.5) is 0 Å².